The molecule has 2 rings (SSSR count). The normalized spacial score (nSPS) is 10.2. The van der Waals surface area contributed by atoms with Gasteiger partial charge in [0, 0.05) is 12.1 Å². The third kappa shape index (κ3) is 5.27. The molecule has 4 nitrogen and oxygen atoms in total. The second-order valence-electron chi connectivity index (χ2n) is 5.07. The maximum atomic E-state index is 11.9. The first-order valence-corrected chi connectivity index (χ1v) is 7.77. The fraction of sp³-hybridized carbons (Fsp3) is 0.176. The fourth-order valence-electron chi connectivity index (χ4n) is 1.87. The van der Waals surface area contributed by atoms with Gasteiger partial charge in [-0.1, -0.05) is 53.0 Å². The smallest absolute Gasteiger partial charge is 0.251 e. The Morgan fingerprint density at radius 1 is 0.957 bits per heavy atom. The van der Waals surface area contributed by atoms with E-state index in [1.54, 1.807) is 6.07 Å². The van der Waals surface area contributed by atoms with Crippen molar-refractivity contribution < 1.29 is 9.59 Å². The number of carbonyl (C=O) groups excluding carboxylic acids is 2. The molecule has 2 aromatic rings. The van der Waals surface area contributed by atoms with Gasteiger partial charge in [-0.25, -0.2) is 0 Å². The van der Waals surface area contributed by atoms with E-state index in [0.29, 0.717) is 22.2 Å². The van der Waals surface area contributed by atoms with Crippen molar-refractivity contribution in [2.75, 3.05) is 6.54 Å². The average Bonchev–Trinajstić information content (AvgIpc) is 2.54. The highest BCUT2D eigenvalue weighted by molar-refractivity contribution is 6.42. The Kier molecular flexibility index (Phi) is 6.02. The molecule has 2 amide bonds. The highest BCUT2D eigenvalue weighted by atomic mass is 35.5. The first-order chi connectivity index (χ1) is 11.0. The standard InChI is InChI=1S/C17H16Cl2N2O2/c1-11-2-4-12(5-3-11)9-20-16(22)10-21-17(23)13-6-7-14(18)15(19)8-13/h2-8H,9-10H2,1H3,(H,20,22)(H,21,23). The topological polar surface area (TPSA) is 58.2 Å². The predicted molar refractivity (Wildman–Crippen MR) is 91.8 cm³/mol. The first kappa shape index (κ1) is 17.3. The molecule has 6 heteroatoms. The summed E-state index contributed by atoms with van der Waals surface area (Å²) in [5, 5.41) is 5.95. The van der Waals surface area contributed by atoms with Gasteiger partial charge in [-0.3, -0.25) is 9.59 Å². The van der Waals surface area contributed by atoms with Crippen LogP contribution in [0.2, 0.25) is 10.0 Å². The maximum Gasteiger partial charge on any atom is 0.251 e. The van der Waals surface area contributed by atoms with Crippen LogP contribution in [0.5, 0.6) is 0 Å². The van der Waals surface area contributed by atoms with Gasteiger partial charge in [-0.05, 0) is 30.7 Å². The molecule has 0 aromatic heterocycles. The Morgan fingerprint density at radius 3 is 2.30 bits per heavy atom. The summed E-state index contributed by atoms with van der Waals surface area (Å²) >= 11 is 11.7. The lowest BCUT2D eigenvalue weighted by Crippen LogP contribution is -2.36. The van der Waals surface area contributed by atoms with Gasteiger partial charge in [-0.2, -0.15) is 0 Å². The van der Waals surface area contributed by atoms with E-state index in [4.69, 9.17) is 23.2 Å². The molecule has 0 saturated carbocycles. The highest BCUT2D eigenvalue weighted by Crippen LogP contribution is 2.22. The molecule has 120 valence electrons. The number of amides is 2. The minimum atomic E-state index is -0.381. The number of nitrogens with one attached hydrogen (secondary N) is 2. The van der Waals surface area contributed by atoms with Crippen LogP contribution in [0.25, 0.3) is 0 Å². The molecule has 0 fully saturated rings. The van der Waals surface area contributed by atoms with Gasteiger partial charge < -0.3 is 10.6 Å². The Hall–Kier alpha value is -2.04. The number of halogens is 2. The van der Waals surface area contributed by atoms with Crippen LogP contribution < -0.4 is 10.6 Å². The lowest BCUT2D eigenvalue weighted by atomic mass is 10.1. The first-order valence-electron chi connectivity index (χ1n) is 7.01. The summed E-state index contributed by atoms with van der Waals surface area (Å²) in [5.74, 6) is -0.645. The quantitative estimate of drug-likeness (QED) is 0.868. The van der Waals surface area contributed by atoms with Crippen LogP contribution in [-0.2, 0) is 11.3 Å². The van der Waals surface area contributed by atoms with Gasteiger partial charge in [0.1, 0.15) is 0 Å². The zero-order chi connectivity index (χ0) is 16.8. The Bertz CT molecular complexity index is 715. The van der Waals surface area contributed by atoms with Crippen molar-refractivity contribution in [3.05, 3.63) is 69.2 Å². The molecule has 0 unspecified atom stereocenters. The van der Waals surface area contributed by atoms with E-state index >= 15 is 0 Å². The van der Waals surface area contributed by atoms with E-state index in [1.165, 1.54) is 12.1 Å². The zero-order valence-corrected chi connectivity index (χ0v) is 14.0. The molecule has 0 aliphatic heterocycles. The molecule has 23 heavy (non-hydrogen) atoms. The van der Waals surface area contributed by atoms with Crippen molar-refractivity contribution in [3.63, 3.8) is 0 Å². The molecule has 2 N–H and O–H groups in total. The molecule has 0 radical (unpaired) electrons. The summed E-state index contributed by atoms with van der Waals surface area (Å²) in [6.07, 6.45) is 0. The minimum absolute atomic E-state index is 0.106. The maximum absolute atomic E-state index is 11.9. The molecule has 0 bridgehead atoms. The summed E-state index contributed by atoms with van der Waals surface area (Å²) in [5.41, 5.74) is 2.51. The molecule has 0 atom stereocenters. The lowest BCUT2D eigenvalue weighted by molar-refractivity contribution is -0.120. The van der Waals surface area contributed by atoms with Gasteiger partial charge in [0.15, 0.2) is 0 Å². The van der Waals surface area contributed by atoms with Gasteiger partial charge in [-0.15, -0.1) is 0 Å². The Morgan fingerprint density at radius 2 is 1.65 bits per heavy atom. The molecule has 0 saturated heterocycles. The van der Waals surface area contributed by atoms with Crippen LogP contribution in [0.15, 0.2) is 42.5 Å². The van der Waals surface area contributed by atoms with Crippen molar-refractivity contribution in [2.45, 2.75) is 13.5 Å². The van der Waals surface area contributed by atoms with Crippen molar-refractivity contribution >= 4 is 35.0 Å². The number of benzene rings is 2. The highest BCUT2D eigenvalue weighted by Gasteiger charge is 2.09. The fourth-order valence-corrected chi connectivity index (χ4v) is 2.17. The van der Waals surface area contributed by atoms with E-state index in [-0.39, 0.29) is 18.4 Å². The minimum Gasteiger partial charge on any atom is -0.350 e. The summed E-state index contributed by atoms with van der Waals surface area (Å²) < 4.78 is 0. The Balaban J connectivity index is 1.80. The SMILES string of the molecule is Cc1ccc(CNC(=O)CNC(=O)c2ccc(Cl)c(Cl)c2)cc1. The van der Waals surface area contributed by atoms with E-state index in [9.17, 15) is 9.59 Å². The van der Waals surface area contributed by atoms with Gasteiger partial charge >= 0.3 is 0 Å². The zero-order valence-electron chi connectivity index (χ0n) is 12.5. The van der Waals surface area contributed by atoms with Gasteiger partial charge in [0.05, 0.1) is 16.6 Å². The number of aryl methyl sites for hydroxylation is 1. The molecular weight excluding hydrogens is 335 g/mol. The van der Waals surface area contributed by atoms with Crippen molar-refractivity contribution in [3.8, 4) is 0 Å². The van der Waals surface area contributed by atoms with Crippen LogP contribution in [-0.4, -0.2) is 18.4 Å². The number of rotatable bonds is 5. The molecule has 0 heterocycles. The summed E-state index contributed by atoms with van der Waals surface area (Å²) in [6, 6.07) is 12.4. The van der Waals surface area contributed by atoms with Gasteiger partial charge in [0.25, 0.3) is 5.91 Å². The molecule has 0 aliphatic rings. The van der Waals surface area contributed by atoms with Crippen LogP contribution >= 0.6 is 23.2 Å². The van der Waals surface area contributed by atoms with Crippen LogP contribution in [0.4, 0.5) is 0 Å². The Labute approximate surface area is 144 Å². The molecule has 0 aliphatic carbocycles. The number of carbonyl (C=O) groups is 2. The monoisotopic (exact) mass is 350 g/mol. The van der Waals surface area contributed by atoms with E-state index < -0.39 is 0 Å². The van der Waals surface area contributed by atoms with E-state index in [0.717, 1.165) is 11.1 Å². The third-order valence-corrected chi connectivity index (χ3v) is 3.94. The molecule has 2 aromatic carbocycles. The van der Waals surface area contributed by atoms with Gasteiger partial charge in [0.2, 0.25) is 5.91 Å². The summed E-state index contributed by atoms with van der Waals surface area (Å²) in [6.45, 7) is 2.31. The molecular formula is C17H16Cl2N2O2. The average molecular weight is 351 g/mol. The van der Waals surface area contributed by atoms with Crippen LogP contribution in [0.1, 0.15) is 21.5 Å². The number of hydrogen-bond donors (Lipinski definition) is 2. The summed E-state index contributed by atoms with van der Waals surface area (Å²) in [7, 11) is 0. The van der Waals surface area contributed by atoms with E-state index in [1.807, 2.05) is 31.2 Å². The second kappa shape index (κ2) is 7.99. The van der Waals surface area contributed by atoms with Crippen molar-refractivity contribution in [2.24, 2.45) is 0 Å². The number of hydrogen-bond acceptors (Lipinski definition) is 2. The van der Waals surface area contributed by atoms with Crippen LogP contribution in [0, 0.1) is 6.92 Å². The molecule has 0 spiro atoms. The summed E-state index contributed by atoms with van der Waals surface area (Å²) in [4.78, 5) is 23.7. The predicted octanol–water partition coefficient (Wildman–Crippen LogP) is 3.35. The van der Waals surface area contributed by atoms with E-state index in [2.05, 4.69) is 10.6 Å². The van der Waals surface area contributed by atoms with Crippen molar-refractivity contribution in [1.82, 2.24) is 10.6 Å². The third-order valence-electron chi connectivity index (χ3n) is 3.20. The van der Waals surface area contributed by atoms with Crippen LogP contribution in [0.3, 0.4) is 0 Å². The lowest BCUT2D eigenvalue weighted by Gasteiger charge is -2.08. The van der Waals surface area contributed by atoms with Crippen molar-refractivity contribution in [1.29, 1.82) is 0 Å². The largest absolute Gasteiger partial charge is 0.350 e. The second-order valence-corrected chi connectivity index (χ2v) is 5.89.